The Hall–Kier alpha value is -0.180. The maximum absolute atomic E-state index is 4.67. The average molecular weight is 228 g/mol. The predicted molar refractivity (Wildman–Crippen MR) is 70.6 cm³/mol. The number of rotatable bonds is 4. The molecule has 0 spiro atoms. The van der Waals surface area contributed by atoms with E-state index in [1.165, 1.54) is 18.6 Å². The summed E-state index contributed by atoms with van der Waals surface area (Å²) >= 11 is 1.90. The van der Waals surface area contributed by atoms with Crippen molar-refractivity contribution in [2.75, 3.05) is 18.8 Å². The van der Waals surface area contributed by atoms with Crippen LogP contribution in [0.2, 0.25) is 0 Å². The van der Waals surface area contributed by atoms with Crippen molar-refractivity contribution in [1.29, 1.82) is 0 Å². The Kier molecular flexibility index (Phi) is 4.97. The van der Waals surface area contributed by atoms with Crippen molar-refractivity contribution in [1.82, 2.24) is 5.32 Å². The summed E-state index contributed by atoms with van der Waals surface area (Å²) in [6.07, 6.45) is 2.49. The van der Waals surface area contributed by atoms with E-state index in [0.717, 1.165) is 18.3 Å². The number of thioether (sulfide) groups is 1. The van der Waals surface area contributed by atoms with Gasteiger partial charge in [0.1, 0.15) is 0 Å². The number of nitrogens with zero attached hydrogens (tertiary/aromatic N) is 1. The minimum Gasteiger partial charge on any atom is -0.365 e. The zero-order chi connectivity index (χ0) is 11.3. The third-order valence-electron chi connectivity index (χ3n) is 3.23. The Labute approximate surface area is 98.3 Å². The van der Waals surface area contributed by atoms with Gasteiger partial charge in [0, 0.05) is 18.8 Å². The second-order valence-electron chi connectivity index (χ2n) is 4.89. The molecule has 0 fully saturated rings. The minimum absolute atomic E-state index is 0.466. The molecule has 0 saturated carbocycles. The van der Waals surface area contributed by atoms with E-state index in [-0.39, 0.29) is 0 Å². The lowest BCUT2D eigenvalue weighted by molar-refractivity contribution is 0.318. The Morgan fingerprint density at radius 3 is 2.47 bits per heavy atom. The molecular weight excluding hydrogens is 204 g/mol. The monoisotopic (exact) mass is 228 g/mol. The summed E-state index contributed by atoms with van der Waals surface area (Å²) in [5.74, 6) is 1.92. The van der Waals surface area contributed by atoms with Gasteiger partial charge in [-0.1, -0.05) is 39.5 Å². The van der Waals surface area contributed by atoms with Gasteiger partial charge in [0.2, 0.25) is 0 Å². The molecule has 0 aromatic carbocycles. The summed E-state index contributed by atoms with van der Waals surface area (Å²) in [4.78, 5) is 4.67. The molecule has 1 N–H and O–H groups in total. The first kappa shape index (κ1) is 12.9. The van der Waals surface area contributed by atoms with Crippen LogP contribution in [0.4, 0.5) is 0 Å². The van der Waals surface area contributed by atoms with Gasteiger partial charge in [-0.15, -0.1) is 0 Å². The molecule has 0 unspecified atom stereocenters. The first-order chi connectivity index (χ1) is 7.12. The molecule has 0 amide bonds. The average Bonchev–Trinajstić information content (AvgIpc) is 2.27. The quantitative estimate of drug-likeness (QED) is 0.799. The number of hydrogen-bond donors (Lipinski definition) is 1. The number of aliphatic imine (C=N–C) groups is 1. The zero-order valence-electron chi connectivity index (χ0n) is 10.5. The van der Waals surface area contributed by atoms with Gasteiger partial charge < -0.3 is 5.32 Å². The lowest BCUT2D eigenvalue weighted by atomic mass is 9.84. The van der Waals surface area contributed by atoms with Gasteiger partial charge in [-0.2, -0.15) is 0 Å². The molecule has 1 rings (SSSR count). The normalized spacial score (nSPS) is 20.2. The summed E-state index contributed by atoms with van der Waals surface area (Å²) < 4.78 is 0. The van der Waals surface area contributed by atoms with Crippen LogP contribution in [-0.2, 0) is 0 Å². The Balaban J connectivity index is 2.43. The molecule has 0 saturated heterocycles. The molecular formula is C12H24N2S. The molecule has 88 valence electrons. The van der Waals surface area contributed by atoms with Crippen LogP contribution in [0.25, 0.3) is 0 Å². The van der Waals surface area contributed by atoms with Crippen molar-refractivity contribution in [3.63, 3.8) is 0 Å². The van der Waals surface area contributed by atoms with Crippen LogP contribution in [0.1, 0.15) is 40.5 Å². The molecule has 15 heavy (non-hydrogen) atoms. The molecule has 1 aliphatic heterocycles. The van der Waals surface area contributed by atoms with Crippen LogP contribution in [0.3, 0.4) is 0 Å². The van der Waals surface area contributed by atoms with E-state index >= 15 is 0 Å². The summed E-state index contributed by atoms with van der Waals surface area (Å²) in [5, 5.41) is 4.57. The smallest absolute Gasteiger partial charge is 0.156 e. The number of nitrogens with one attached hydrogen (secondary N) is 1. The van der Waals surface area contributed by atoms with E-state index in [9.17, 15) is 0 Å². The Morgan fingerprint density at radius 2 is 2.07 bits per heavy atom. The van der Waals surface area contributed by atoms with Crippen LogP contribution in [0.15, 0.2) is 4.99 Å². The van der Waals surface area contributed by atoms with Crippen LogP contribution in [0.5, 0.6) is 0 Å². The van der Waals surface area contributed by atoms with Crippen LogP contribution in [-0.4, -0.2) is 24.0 Å². The summed E-state index contributed by atoms with van der Waals surface area (Å²) in [7, 11) is 0. The highest BCUT2D eigenvalue weighted by atomic mass is 32.2. The Morgan fingerprint density at radius 1 is 1.40 bits per heavy atom. The third-order valence-corrected chi connectivity index (χ3v) is 4.54. The molecule has 0 bridgehead atoms. The number of amidine groups is 1. The van der Waals surface area contributed by atoms with E-state index in [4.69, 9.17) is 0 Å². The maximum Gasteiger partial charge on any atom is 0.156 e. The standard InChI is InChI=1S/C12H24N2S/c1-5-12(6-2)8-14-11(15-9-12)13-7-10(3)4/h10H,5-9H2,1-4H3,(H,13,14). The molecule has 1 aliphatic rings. The Bertz CT molecular complexity index is 220. The maximum atomic E-state index is 4.67. The van der Waals surface area contributed by atoms with E-state index < -0.39 is 0 Å². The molecule has 2 nitrogen and oxygen atoms in total. The summed E-state index contributed by atoms with van der Waals surface area (Å²) in [5.41, 5.74) is 0.466. The van der Waals surface area contributed by atoms with Crippen LogP contribution in [0, 0.1) is 11.3 Å². The third kappa shape index (κ3) is 3.71. The molecule has 0 aromatic heterocycles. The van der Waals surface area contributed by atoms with Gasteiger partial charge >= 0.3 is 0 Å². The predicted octanol–water partition coefficient (Wildman–Crippen LogP) is 3.14. The van der Waals surface area contributed by atoms with E-state index in [0.29, 0.717) is 11.3 Å². The van der Waals surface area contributed by atoms with Crippen molar-refractivity contribution in [3.05, 3.63) is 0 Å². The molecule has 0 atom stereocenters. The van der Waals surface area contributed by atoms with E-state index in [1.807, 2.05) is 11.8 Å². The minimum atomic E-state index is 0.466. The van der Waals surface area contributed by atoms with Gasteiger partial charge in [-0.05, 0) is 24.2 Å². The van der Waals surface area contributed by atoms with Crippen molar-refractivity contribution in [2.45, 2.75) is 40.5 Å². The van der Waals surface area contributed by atoms with Crippen LogP contribution >= 0.6 is 11.8 Å². The topological polar surface area (TPSA) is 24.4 Å². The van der Waals surface area contributed by atoms with Gasteiger partial charge in [-0.3, -0.25) is 4.99 Å². The van der Waals surface area contributed by atoms with Gasteiger partial charge in [0.05, 0.1) is 0 Å². The second kappa shape index (κ2) is 5.78. The molecule has 1 heterocycles. The van der Waals surface area contributed by atoms with Crippen molar-refractivity contribution >= 4 is 16.9 Å². The fourth-order valence-electron chi connectivity index (χ4n) is 1.63. The van der Waals surface area contributed by atoms with Crippen molar-refractivity contribution in [3.8, 4) is 0 Å². The summed E-state index contributed by atoms with van der Waals surface area (Å²) in [6, 6.07) is 0. The number of hydrogen-bond acceptors (Lipinski definition) is 3. The lowest BCUT2D eigenvalue weighted by Gasteiger charge is -2.33. The van der Waals surface area contributed by atoms with Crippen molar-refractivity contribution in [2.24, 2.45) is 16.3 Å². The van der Waals surface area contributed by atoms with Gasteiger partial charge in [-0.25, -0.2) is 0 Å². The van der Waals surface area contributed by atoms with Crippen LogP contribution < -0.4 is 5.32 Å². The molecule has 0 radical (unpaired) electrons. The molecule has 3 heteroatoms. The lowest BCUT2D eigenvalue weighted by Crippen LogP contribution is -2.35. The first-order valence-corrected chi connectivity index (χ1v) is 7.01. The zero-order valence-corrected chi connectivity index (χ0v) is 11.3. The van der Waals surface area contributed by atoms with Gasteiger partial charge in [0.25, 0.3) is 0 Å². The van der Waals surface area contributed by atoms with Crippen molar-refractivity contribution < 1.29 is 0 Å². The highest BCUT2D eigenvalue weighted by Crippen LogP contribution is 2.34. The van der Waals surface area contributed by atoms with E-state index in [1.54, 1.807) is 0 Å². The molecule has 0 aliphatic carbocycles. The highest BCUT2D eigenvalue weighted by molar-refractivity contribution is 8.13. The first-order valence-electron chi connectivity index (χ1n) is 6.03. The summed E-state index contributed by atoms with van der Waals surface area (Å²) in [6.45, 7) is 11.1. The largest absolute Gasteiger partial charge is 0.365 e. The van der Waals surface area contributed by atoms with E-state index in [2.05, 4.69) is 38.0 Å². The van der Waals surface area contributed by atoms with Gasteiger partial charge in [0.15, 0.2) is 5.17 Å². The SMILES string of the molecule is CCC1(CC)CN=C(NCC(C)C)SC1. The highest BCUT2D eigenvalue weighted by Gasteiger charge is 2.29. The fourth-order valence-corrected chi connectivity index (χ4v) is 2.91. The second-order valence-corrected chi connectivity index (χ2v) is 5.86. The molecule has 0 aromatic rings. The fraction of sp³-hybridized carbons (Fsp3) is 0.917.